The monoisotopic (exact) mass is 306 g/mol. The van der Waals surface area contributed by atoms with Crippen molar-refractivity contribution in [2.24, 2.45) is 0 Å². The molecule has 2 aromatic heterocycles. The first-order valence-electron chi connectivity index (χ1n) is 7.51. The molecule has 0 saturated heterocycles. The quantitative estimate of drug-likeness (QED) is 0.753. The van der Waals surface area contributed by atoms with Gasteiger partial charge in [-0.15, -0.1) is 0 Å². The van der Waals surface area contributed by atoms with Crippen molar-refractivity contribution in [1.29, 1.82) is 0 Å². The van der Waals surface area contributed by atoms with E-state index in [4.69, 9.17) is 4.74 Å². The van der Waals surface area contributed by atoms with Crippen LogP contribution in [0.1, 0.15) is 11.3 Å². The molecule has 0 saturated carbocycles. The minimum Gasteiger partial charge on any atom is -0.439 e. The summed E-state index contributed by atoms with van der Waals surface area (Å²) in [6, 6.07) is 15.4. The van der Waals surface area contributed by atoms with Crippen molar-refractivity contribution in [1.82, 2.24) is 15.0 Å². The first-order valence-corrected chi connectivity index (χ1v) is 7.51. The fraction of sp³-hybridized carbons (Fsp3) is 0.167. The Labute approximate surface area is 135 Å². The van der Waals surface area contributed by atoms with Crippen LogP contribution in [0.3, 0.4) is 0 Å². The molecule has 1 N–H and O–H groups in total. The number of ether oxygens (including phenoxy) is 1. The fourth-order valence-electron chi connectivity index (χ4n) is 2.14. The van der Waals surface area contributed by atoms with E-state index >= 15 is 0 Å². The second kappa shape index (κ2) is 7.35. The molecular formula is C18H18N4O. The molecule has 0 spiro atoms. The molecule has 1 aromatic carbocycles. The molecule has 0 amide bonds. The SMILES string of the molecule is Cc1cc(Oc2ccccc2)nc(NCCc2cccnc2)n1. The number of hydrogen-bond acceptors (Lipinski definition) is 5. The summed E-state index contributed by atoms with van der Waals surface area (Å²) in [6.07, 6.45) is 4.50. The number of pyridine rings is 1. The number of hydrogen-bond donors (Lipinski definition) is 1. The molecule has 3 aromatic rings. The molecule has 23 heavy (non-hydrogen) atoms. The lowest BCUT2D eigenvalue weighted by molar-refractivity contribution is 0.461. The highest BCUT2D eigenvalue weighted by molar-refractivity contribution is 5.34. The molecule has 0 aliphatic rings. The van der Waals surface area contributed by atoms with Gasteiger partial charge in [0.05, 0.1) is 0 Å². The number of para-hydroxylation sites is 1. The van der Waals surface area contributed by atoms with E-state index in [0.29, 0.717) is 11.8 Å². The molecule has 0 aliphatic heterocycles. The number of benzene rings is 1. The number of nitrogens with one attached hydrogen (secondary N) is 1. The summed E-state index contributed by atoms with van der Waals surface area (Å²) >= 11 is 0. The van der Waals surface area contributed by atoms with Crippen LogP contribution in [-0.2, 0) is 6.42 Å². The molecule has 0 bridgehead atoms. The predicted molar refractivity (Wildman–Crippen MR) is 89.7 cm³/mol. The van der Waals surface area contributed by atoms with Gasteiger partial charge in [0.1, 0.15) is 5.75 Å². The maximum atomic E-state index is 5.76. The second-order valence-electron chi connectivity index (χ2n) is 5.12. The van der Waals surface area contributed by atoms with Gasteiger partial charge < -0.3 is 10.1 Å². The molecule has 0 unspecified atom stereocenters. The first-order chi connectivity index (χ1) is 11.3. The molecule has 116 valence electrons. The second-order valence-corrected chi connectivity index (χ2v) is 5.12. The normalized spacial score (nSPS) is 10.3. The molecule has 3 rings (SSSR count). The molecular weight excluding hydrogens is 288 g/mol. The van der Waals surface area contributed by atoms with Crippen LogP contribution in [-0.4, -0.2) is 21.5 Å². The van der Waals surface area contributed by atoms with Gasteiger partial charge in [-0.2, -0.15) is 4.98 Å². The highest BCUT2D eigenvalue weighted by atomic mass is 16.5. The molecule has 2 heterocycles. The van der Waals surface area contributed by atoms with Gasteiger partial charge in [0.15, 0.2) is 0 Å². The van der Waals surface area contributed by atoms with Crippen LogP contribution in [0, 0.1) is 6.92 Å². The van der Waals surface area contributed by atoms with E-state index in [2.05, 4.69) is 26.3 Å². The van der Waals surface area contributed by atoms with Gasteiger partial charge >= 0.3 is 0 Å². The predicted octanol–water partition coefficient (Wildman–Crippen LogP) is 3.63. The largest absolute Gasteiger partial charge is 0.439 e. The third-order valence-electron chi connectivity index (χ3n) is 3.22. The highest BCUT2D eigenvalue weighted by Crippen LogP contribution is 2.20. The Morgan fingerprint density at radius 2 is 1.91 bits per heavy atom. The molecule has 5 nitrogen and oxygen atoms in total. The molecule has 0 aliphatic carbocycles. The van der Waals surface area contributed by atoms with E-state index in [-0.39, 0.29) is 0 Å². The Balaban J connectivity index is 1.63. The van der Waals surface area contributed by atoms with Crippen LogP contribution < -0.4 is 10.1 Å². The van der Waals surface area contributed by atoms with Gasteiger partial charge in [0, 0.05) is 30.7 Å². The Hall–Kier alpha value is -2.95. The van der Waals surface area contributed by atoms with E-state index in [9.17, 15) is 0 Å². The zero-order chi connectivity index (χ0) is 15.9. The first kappa shape index (κ1) is 15.0. The number of aromatic nitrogens is 3. The van der Waals surface area contributed by atoms with Crippen LogP contribution in [0.15, 0.2) is 60.9 Å². The number of nitrogens with zero attached hydrogens (tertiary/aromatic N) is 3. The van der Waals surface area contributed by atoms with Crippen LogP contribution in [0.4, 0.5) is 5.95 Å². The number of aryl methyl sites for hydroxylation is 1. The summed E-state index contributed by atoms with van der Waals surface area (Å²) in [7, 11) is 0. The molecule has 5 heteroatoms. The average Bonchev–Trinajstić information content (AvgIpc) is 2.56. The maximum Gasteiger partial charge on any atom is 0.226 e. The highest BCUT2D eigenvalue weighted by Gasteiger charge is 2.04. The van der Waals surface area contributed by atoms with Crippen molar-refractivity contribution in [2.45, 2.75) is 13.3 Å². The Morgan fingerprint density at radius 3 is 2.70 bits per heavy atom. The molecule has 0 fully saturated rings. The summed E-state index contributed by atoms with van der Waals surface area (Å²) in [5.74, 6) is 1.86. The van der Waals surface area contributed by atoms with Gasteiger partial charge in [-0.25, -0.2) is 4.98 Å². The van der Waals surface area contributed by atoms with E-state index in [0.717, 1.165) is 24.4 Å². The summed E-state index contributed by atoms with van der Waals surface area (Å²) < 4.78 is 5.76. The van der Waals surface area contributed by atoms with Crippen molar-refractivity contribution < 1.29 is 4.74 Å². The lowest BCUT2D eigenvalue weighted by atomic mass is 10.2. The Bertz CT molecular complexity index is 747. The zero-order valence-corrected chi connectivity index (χ0v) is 12.9. The van der Waals surface area contributed by atoms with E-state index in [1.54, 1.807) is 6.20 Å². The minimum absolute atomic E-state index is 0.535. The molecule has 0 atom stereocenters. The maximum absolute atomic E-state index is 5.76. The van der Waals surface area contributed by atoms with Crippen LogP contribution in [0.25, 0.3) is 0 Å². The van der Waals surface area contributed by atoms with Crippen molar-refractivity contribution in [3.8, 4) is 11.6 Å². The molecule has 0 radical (unpaired) electrons. The zero-order valence-electron chi connectivity index (χ0n) is 12.9. The third kappa shape index (κ3) is 4.51. The topological polar surface area (TPSA) is 59.9 Å². The van der Waals surface area contributed by atoms with E-state index < -0.39 is 0 Å². The van der Waals surface area contributed by atoms with Gasteiger partial charge in [-0.1, -0.05) is 24.3 Å². The van der Waals surface area contributed by atoms with Gasteiger partial charge in [-0.05, 0) is 37.1 Å². The van der Waals surface area contributed by atoms with Crippen molar-refractivity contribution in [3.63, 3.8) is 0 Å². The summed E-state index contributed by atoms with van der Waals surface area (Å²) in [6.45, 7) is 2.66. The number of anilines is 1. The van der Waals surface area contributed by atoms with Gasteiger partial charge in [-0.3, -0.25) is 4.98 Å². The van der Waals surface area contributed by atoms with Gasteiger partial charge in [0.2, 0.25) is 11.8 Å². The lowest BCUT2D eigenvalue weighted by Crippen LogP contribution is -2.09. The fourth-order valence-corrected chi connectivity index (χ4v) is 2.14. The van der Waals surface area contributed by atoms with Crippen LogP contribution in [0.2, 0.25) is 0 Å². The lowest BCUT2D eigenvalue weighted by Gasteiger charge is -2.09. The van der Waals surface area contributed by atoms with Crippen LogP contribution in [0.5, 0.6) is 11.6 Å². The standard InChI is InChI=1S/C18H18N4O/c1-14-12-17(23-16-7-3-2-4-8-16)22-18(21-14)20-11-9-15-6-5-10-19-13-15/h2-8,10,12-13H,9,11H2,1H3,(H,20,21,22). The van der Waals surface area contributed by atoms with Crippen molar-refractivity contribution in [3.05, 3.63) is 72.2 Å². The summed E-state index contributed by atoms with van der Waals surface area (Å²) in [4.78, 5) is 12.9. The third-order valence-corrected chi connectivity index (χ3v) is 3.22. The van der Waals surface area contributed by atoms with E-state index in [1.165, 1.54) is 5.56 Å². The van der Waals surface area contributed by atoms with Gasteiger partial charge in [0.25, 0.3) is 0 Å². The number of rotatable bonds is 6. The van der Waals surface area contributed by atoms with Crippen molar-refractivity contribution >= 4 is 5.95 Å². The van der Waals surface area contributed by atoms with Crippen LogP contribution >= 0.6 is 0 Å². The summed E-state index contributed by atoms with van der Waals surface area (Å²) in [5, 5.41) is 3.23. The van der Waals surface area contributed by atoms with E-state index in [1.807, 2.05) is 55.6 Å². The Kier molecular flexibility index (Phi) is 4.79. The smallest absolute Gasteiger partial charge is 0.226 e. The minimum atomic E-state index is 0.535. The average molecular weight is 306 g/mol. The van der Waals surface area contributed by atoms with Crippen molar-refractivity contribution in [2.75, 3.05) is 11.9 Å². The summed E-state index contributed by atoms with van der Waals surface area (Å²) in [5.41, 5.74) is 2.03. The Morgan fingerprint density at radius 1 is 1.04 bits per heavy atom.